The van der Waals surface area contributed by atoms with Crippen LogP contribution in [0.4, 0.5) is 11.4 Å². The molecule has 162 valence electrons. The van der Waals surface area contributed by atoms with Crippen LogP contribution in [0.3, 0.4) is 0 Å². The van der Waals surface area contributed by atoms with Crippen molar-refractivity contribution in [3.05, 3.63) is 53.1 Å². The minimum absolute atomic E-state index is 0.218. The third-order valence-corrected chi connectivity index (χ3v) is 6.54. The van der Waals surface area contributed by atoms with E-state index in [0.717, 1.165) is 22.0 Å². The topological polar surface area (TPSA) is 70.2 Å². The number of nitrogens with zero attached hydrogens (tertiary/aromatic N) is 3. The summed E-state index contributed by atoms with van der Waals surface area (Å²) in [5.74, 6) is 0.579. The molecule has 0 radical (unpaired) electrons. The summed E-state index contributed by atoms with van der Waals surface area (Å²) in [6.07, 6.45) is 1.11. The molecule has 3 rings (SSSR count). The molecule has 0 spiro atoms. The second kappa shape index (κ2) is 9.14. The number of sulfonamides is 1. The van der Waals surface area contributed by atoms with Crippen LogP contribution in [0, 0.1) is 6.92 Å². The number of ether oxygens (including phenoxy) is 1. The van der Waals surface area contributed by atoms with Gasteiger partial charge >= 0.3 is 0 Å². The SMILES string of the molecule is COc1ccc(N2CCN(C(=O)CN(c3ccc(Cl)cc3C)S(C)(=O)=O)CC2)cc1. The van der Waals surface area contributed by atoms with Gasteiger partial charge in [0.2, 0.25) is 15.9 Å². The van der Waals surface area contributed by atoms with Crippen LogP contribution < -0.4 is 13.9 Å². The fourth-order valence-electron chi connectivity index (χ4n) is 3.51. The Morgan fingerprint density at radius 3 is 2.27 bits per heavy atom. The molecule has 0 atom stereocenters. The molecule has 7 nitrogen and oxygen atoms in total. The van der Waals surface area contributed by atoms with Crippen molar-refractivity contribution in [2.75, 3.05) is 55.3 Å². The van der Waals surface area contributed by atoms with Crippen molar-refractivity contribution in [2.45, 2.75) is 6.92 Å². The van der Waals surface area contributed by atoms with E-state index in [-0.39, 0.29) is 12.5 Å². The van der Waals surface area contributed by atoms with Gasteiger partial charge in [0.05, 0.1) is 19.1 Å². The molecule has 0 saturated carbocycles. The number of hydrogen-bond acceptors (Lipinski definition) is 5. The third-order valence-electron chi connectivity index (χ3n) is 5.18. The van der Waals surface area contributed by atoms with Crippen LogP contribution >= 0.6 is 11.6 Å². The number of aryl methyl sites for hydroxylation is 1. The van der Waals surface area contributed by atoms with E-state index in [9.17, 15) is 13.2 Å². The Morgan fingerprint density at radius 2 is 1.73 bits per heavy atom. The van der Waals surface area contributed by atoms with Gasteiger partial charge in [-0.1, -0.05) is 11.6 Å². The van der Waals surface area contributed by atoms with E-state index in [1.807, 2.05) is 24.3 Å². The average Bonchev–Trinajstić information content (AvgIpc) is 2.72. The van der Waals surface area contributed by atoms with E-state index in [1.54, 1.807) is 37.1 Å². The first-order valence-corrected chi connectivity index (χ1v) is 11.8. The minimum Gasteiger partial charge on any atom is -0.497 e. The fraction of sp³-hybridized carbons (Fsp3) is 0.381. The molecule has 0 aliphatic carbocycles. The molecule has 1 heterocycles. The summed E-state index contributed by atoms with van der Waals surface area (Å²) in [7, 11) is -2.00. The summed E-state index contributed by atoms with van der Waals surface area (Å²) in [5.41, 5.74) is 2.23. The maximum Gasteiger partial charge on any atom is 0.243 e. The van der Waals surface area contributed by atoms with Crippen LogP contribution in [-0.4, -0.2) is 65.3 Å². The second-order valence-corrected chi connectivity index (χ2v) is 9.61. The van der Waals surface area contributed by atoms with Crippen molar-refractivity contribution in [3.63, 3.8) is 0 Å². The molecule has 0 bridgehead atoms. The van der Waals surface area contributed by atoms with Crippen molar-refractivity contribution in [2.24, 2.45) is 0 Å². The molecular formula is C21H26ClN3O4S. The molecule has 0 N–H and O–H groups in total. The molecular weight excluding hydrogens is 426 g/mol. The number of piperazine rings is 1. The third kappa shape index (κ3) is 5.17. The van der Waals surface area contributed by atoms with Gasteiger partial charge in [-0.3, -0.25) is 9.10 Å². The normalized spacial score (nSPS) is 14.5. The van der Waals surface area contributed by atoms with E-state index in [2.05, 4.69) is 4.90 Å². The summed E-state index contributed by atoms with van der Waals surface area (Å²) < 4.78 is 31.1. The lowest BCUT2D eigenvalue weighted by Gasteiger charge is -2.37. The van der Waals surface area contributed by atoms with Gasteiger partial charge in [0, 0.05) is 36.9 Å². The van der Waals surface area contributed by atoms with Crippen LogP contribution in [0.5, 0.6) is 5.75 Å². The first-order chi connectivity index (χ1) is 14.2. The smallest absolute Gasteiger partial charge is 0.243 e. The number of carbonyl (C=O) groups excluding carboxylic acids is 1. The fourth-order valence-corrected chi connectivity index (χ4v) is 4.64. The standard InChI is InChI=1S/C21H26ClN3O4S/c1-16-14-17(22)4-9-20(16)25(30(3,27)28)15-21(26)24-12-10-23(11-13-24)18-5-7-19(29-2)8-6-18/h4-9,14H,10-13,15H2,1-3H3. The second-order valence-electron chi connectivity index (χ2n) is 7.27. The highest BCUT2D eigenvalue weighted by molar-refractivity contribution is 7.92. The average molecular weight is 452 g/mol. The zero-order chi connectivity index (χ0) is 21.9. The Hall–Kier alpha value is -2.45. The largest absolute Gasteiger partial charge is 0.497 e. The molecule has 30 heavy (non-hydrogen) atoms. The van der Waals surface area contributed by atoms with Crippen molar-refractivity contribution in [1.29, 1.82) is 0 Å². The Morgan fingerprint density at radius 1 is 1.10 bits per heavy atom. The number of amides is 1. The van der Waals surface area contributed by atoms with Gasteiger partial charge in [0.25, 0.3) is 0 Å². The van der Waals surface area contributed by atoms with Crippen molar-refractivity contribution >= 4 is 38.9 Å². The van der Waals surface area contributed by atoms with Crippen LogP contribution in [0.1, 0.15) is 5.56 Å². The minimum atomic E-state index is -3.63. The molecule has 1 aliphatic heterocycles. The number of rotatable bonds is 6. The highest BCUT2D eigenvalue weighted by Gasteiger charge is 2.27. The molecule has 2 aromatic rings. The monoisotopic (exact) mass is 451 g/mol. The highest BCUT2D eigenvalue weighted by atomic mass is 35.5. The van der Waals surface area contributed by atoms with Gasteiger partial charge in [-0.25, -0.2) is 8.42 Å². The van der Waals surface area contributed by atoms with Gasteiger partial charge in [-0.05, 0) is 55.0 Å². The van der Waals surface area contributed by atoms with Crippen molar-refractivity contribution < 1.29 is 17.9 Å². The van der Waals surface area contributed by atoms with Crippen LogP contribution in [-0.2, 0) is 14.8 Å². The van der Waals surface area contributed by atoms with Crippen molar-refractivity contribution in [1.82, 2.24) is 4.90 Å². The number of hydrogen-bond donors (Lipinski definition) is 0. The molecule has 1 amide bonds. The van der Waals surface area contributed by atoms with Gasteiger partial charge in [0.15, 0.2) is 0 Å². The Kier molecular flexibility index (Phi) is 6.77. The van der Waals surface area contributed by atoms with E-state index in [0.29, 0.717) is 42.5 Å². The summed E-state index contributed by atoms with van der Waals surface area (Å²) in [6, 6.07) is 12.7. The lowest BCUT2D eigenvalue weighted by molar-refractivity contribution is -0.129. The first-order valence-electron chi connectivity index (χ1n) is 9.59. The lowest BCUT2D eigenvalue weighted by Crippen LogP contribution is -2.52. The number of methoxy groups -OCH3 is 1. The number of halogens is 1. The van der Waals surface area contributed by atoms with E-state index in [4.69, 9.17) is 16.3 Å². The van der Waals surface area contributed by atoms with Crippen LogP contribution in [0.25, 0.3) is 0 Å². The Balaban J connectivity index is 1.67. The maximum atomic E-state index is 12.9. The quantitative estimate of drug-likeness (QED) is 0.675. The van der Waals surface area contributed by atoms with Gasteiger partial charge in [0.1, 0.15) is 12.3 Å². The highest BCUT2D eigenvalue weighted by Crippen LogP contribution is 2.26. The molecule has 0 unspecified atom stereocenters. The molecule has 0 aromatic heterocycles. The number of benzene rings is 2. The summed E-state index contributed by atoms with van der Waals surface area (Å²) in [5, 5.41) is 0.519. The lowest BCUT2D eigenvalue weighted by atomic mass is 10.2. The van der Waals surface area contributed by atoms with Gasteiger partial charge in [-0.15, -0.1) is 0 Å². The molecule has 2 aromatic carbocycles. The predicted molar refractivity (Wildman–Crippen MR) is 120 cm³/mol. The molecule has 9 heteroatoms. The zero-order valence-electron chi connectivity index (χ0n) is 17.3. The predicted octanol–water partition coefficient (Wildman–Crippen LogP) is 2.77. The molecule has 1 saturated heterocycles. The van der Waals surface area contributed by atoms with E-state index < -0.39 is 10.0 Å². The summed E-state index contributed by atoms with van der Waals surface area (Å²) in [6.45, 7) is 3.96. The van der Waals surface area contributed by atoms with E-state index in [1.165, 1.54) is 0 Å². The zero-order valence-corrected chi connectivity index (χ0v) is 18.9. The summed E-state index contributed by atoms with van der Waals surface area (Å²) in [4.78, 5) is 16.8. The number of carbonyl (C=O) groups is 1. The van der Waals surface area contributed by atoms with Crippen molar-refractivity contribution in [3.8, 4) is 5.75 Å². The van der Waals surface area contributed by atoms with Crippen LogP contribution in [0.2, 0.25) is 5.02 Å². The maximum absolute atomic E-state index is 12.9. The molecule has 1 fully saturated rings. The Bertz CT molecular complexity index is 1000. The van der Waals surface area contributed by atoms with E-state index >= 15 is 0 Å². The van der Waals surface area contributed by atoms with Gasteiger partial charge < -0.3 is 14.5 Å². The first kappa shape index (κ1) is 22.2. The summed E-state index contributed by atoms with van der Waals surface area (Å²) >= 11 is 5.99. The number of anilines is 2. The Labute approximate surface area is 182 Å². The van der Waals surface area contributed by atoms with Crippen LogP contribution in [0.15, 0.2) is 42.5 Å². The molecule has 1 aliphatic rings. The van der Waals surface area contributed by atoms with Gasteiger partial charge in [-0.2, -0.15) is 0 Å².